The molecule has 0 atom stereocenters. The molecule has 1 heterocycles. The highest BCUT2D eigenvalue weighted by Gasteiger charge is 2.65. The van der Waals surface area contributed by atoms with E-state index in [1.165, 1.54) is 4.90 Å². The molecule has 2 aliphatic carbocycles. The predicted molar refractivity (Wildman–Crippen MR) is 107 cm³/mol. The molecule has 1 aromatic rings. The van der Waals surface area contributed by atoms with E-state index < -0.39 is 46.4 Å². The first kappa shape index (κ1) is 22.0. The molecule has 7 nitrogen and oxygen atoms in total. The first-order valence-corrected chi connectivity index (χ1v) is 10.7. The summed E-state index contributed by atoms with van der Waals surface area (Å²) in [6.07, 6.45) is 2.34. The van der Waals surface area contributed by atoms with Gasteiger partial charge in [0.15, 0.2) is 0 Å². The SMILES string of the molecule is NC(=O)C1CC2(C1)C(=O)N(CC1(c3c(F)ccc(Cl)c3F)CCCC1)C(=O)N2CCO. The minimum absolute atomic E-state index is 0.0797. The largest absolute Gasteiger partial charge is 0.395 e. The van der Waals surface area contributed by atoms with E-state index in [-0.39, 0.29) is 43.1 Å². The standard InChI is InChI=1S/C21H24ClF2N3O4/c22-13-3-4-14(23)15(16(13)24)20(5-1-2-6-20)11-26-18(30)21(9-12(10-21)17(25)29)27(7-8-28)19(26)31/h3-4,12,28H,1-2,5-11H2,(H2,25,29). The second-order valence-electron chi connectivity index (χ2n) is 8.79. The van der Waals surface area contributed by atoms with Crippen molar-refractivity contribution in [3.63, 3.8) is 0 Å². The Kier molecular flexibility index (Phi) is 5.46. The van der Waals surface area contributed by atoms with Crippen molar-refractivity contribution in [1.82, 2.24) is 9.80 Å². The van der Waals surface area contributed by atoms with E-state index in [1.807, 2.05) is 0 Å². The van der Waals surface area contributed by atoms with E-state index in [9.17, 15) is 28.3 Å². The van der Waals surface area contributed by atoms with Crippen LogP contribution in [0.25, 0.3) is 0 Å². The van der Waals surface area contributed by atoms with E-state index >= 15 is 0 Å². The van der Waals surface area contributed by atoms with E-state index in [4.69, 9.17) is 17.3 Å². The molecule has 3 fully saturated rings. The van der Waals surface area contributed by atoms with Gasteiger partial charge in [0.05, 0.1) is 11.6 Å². The highest BCUT2D eigenvalue weighted by atomic mass is 35.5. The molecule has 0 bridgehead atoms. The molecule has 1 spiro atoms. The molecule has 0 radical (unpaired) electrons. The van der Waals surface area contributed by atoms with Crippen LogP contribution in [0.5, 0.6) is 0 Å². The van der Waals surface area contributed by atoms with Crippen LogP contribution in [0.2, 0.25) is 5.02 Å². The molecule has 1 saturated heterocycles. The molecule has 2 saturated carbocycles. The number of hydrogen-bond donors (Lipinski definition) is 2. The third-order valence-corrected chi connectivity index (χ3v) is 7.40. The third kappa shape index (κ3) is 3.20. The molecule has 3 N–H and O–H groups in total. The number of amides is 4. The number of imide groups is 1. The van der Waals surface area contributed by atoms with Crippen molar-refractivity contribution in [2.24, 2.45) is 11.7 Å². The molecule has 3 aliphatic rings. The Morgan fingerprint density at radius 3 is 2.45 bits per heavy atom. The van der Waals surface area contributed by atoms with Crippen LogP contribution in [0, 0.1) is 17.6 Å². The van der Waals surface area contributed by atoms with Gasteiger partial charge < -0.3 is 15.7 Å². The Balaban J connectivity index is 1.71. The smallest absolute Gasteiger partial charge is 0.327 e. The summed E-state index contributed by atoms with van der Waals surface area (Å²) in [7, 11) is 0. The summed E-state index contributed by atoms with van der Waals surface area (Å²) >= 11 is 5.92. The quantitative estimate of drug-likeness (QED) is 0.507. The van der Waals surface area contributed by atoms with Gasteiger partial charge in [-0.05, 0) is 37.8 Å². The zero-order valence-corrected chi connectivity index (χ0v) is 17.6. The monoisotopic (exact) mass is 455 g/mol. The number of β-amino-alcohol motifs (C(OH)–C–C–N with tert-alkyl or cyclic N) is 1. The van der Waals surface area contributed by atoms with E-state index in [0.29, 0.717) is 25.7 Å². The molecular formula is C21H24ClF2N3O4. The fourth-order valence-corrected chi connectivity index (χ4v) is 5.70. The lowest BCUT2D eigenvalue weighted by atomic mass is 9.66. The van der Waals surface area contributed by atoms with Crippen molar-refractivity contribution in [1.29, 1.82) is 0 Å². The van der Waals surface area contributed by atoms with Crippen molar-refractivity contribution in [3.8, 4) is 0 Å². The first-order valence-electron chi connectivity index (χ1n) is 10.3. The number of hydrogen-bond acceptors (Lipinski definition) is 4. The normalized spacial score (nSPS) is 27.3. The molecule has 31 heavy (non-hydrogen) atoms. The Labute approximate surface area is 183 Å². The third-order valence-electron chi connectivity index (χ3n) is 7.11. The van der Waals surface area contributed by atoms with Crippen LogP contribution in [0.4, 0.5) is 13.6 Å². The fraction of sp³-hybridized carbons (Fsp3) is 0.571. The number of aliphatic hydroxyl groups excluding tert-OH is 1. The number of rotatable bonds is 6. The lowest BCUT2D eigenvalue weighted by Gasteiger charge is -2.46. The molecule has 4 amide bonds. The predicted octanol–water partition coefficient (Wildman–Crippen LogP) is 2.32. The second kappa shape index (κ2) is 7.70. The molecule has 0 aromatic heterocycles. The van der Waals surface area contributed by atoms with Crippen molar-refractivity contribution in [2.45, 2.75) is 49.5 Å². The highest BCUT2D eigenvalue weighted by molar-refractivity contribution is 6.30. The maximum atomic E-state index is 14.9. The maximum Gasteiger partial charge on any atom is 0.327 e. The molecule has 10 heteroatoms. The van der Waals surface area contributed by atoms with Crippen molar-refractivity contribution >= 4 is 29.4 Å². The molecule has 1 aromatic carbocycles. The van der Waals surface area contributed by atoms with Crippen LogP contribution >= 0.6 is 11.6 Å². The Morgan fingerprint density at radius 1 is 1.23 bits per heavy atom. The number of carbonyl (C=O) groups excluding carboxylic acids is 3. The fourth-order valence-electron chi connectivity index (χ4n) is 5.54. The van der Waals surface area contributed by atoms with Crippen molar-refractivity contribution in [2.75, 3.05) is 19.7 Å². The Morgan fingerprint density at radius 2 is 1.87 bits per heavy atom. The molecule has 1 aliphatic heterocycles. The lowest BCUT2D eigenvalue weighted by Crippen LogP contribution is -2.61. The van der Waals surface area contributed by atoms with Crippen LogP contribution in [-0.4, -0.2) is 58.0 Å². The number of urea groups is 1. The molecule has 0 unspecified atom stereocenters. The summed E-state index contributed by atoms with van der Waals surface area (Å²) in [6.45, 7) is -0.637. The van der Waals surface area contributed by atoms with Crippen molar-refractivity contribution < 1.29 is 28.3 Å². The van der Waals surface area contributed by atoms with Gasteiger partial charge in [0.2, 0.25) is 5.91 Å². The Hall–Kier alpha value is -2.26. The average Bonchev–Trinajstić information content (AvgIpc) is 3.22. The summed E-state index contributed by atoms with van der Waals surface area (Å²) in [4.78, 5) is 40.4. The topological polar surface area (TPSA) is 104 Å². The number of carbonyl (C=O) groups is 3. The molecular weight excluding hydrogens is 432 g/mol. The summed E-state index contributed by atoms with van der Waals surface area (Å²) in [5.74, 6) is -3.24. The number of primary amides is 1. The van der Waals surface area contributed by atoms with Crippen molar-refractivity contribution in [3.05, 3.63) is 34.4 Å². The Bertz CT molecular complexity index is 945. The van der Waals surface area contributed by atoms with Crippen LogP contribution in [0.15, 0.2) is 12.1 Å². The first-order chi connectivity index (χ1) is 14.7. The molecule has 4 rings (SSSR count). The van der Waals surface area contributed by atoms with Gasteiger partial charge in [-0.1, -0.05) is 24.4 Å². The lowest BCUT2D eigenvalue weighted by molar-refractivity contribution is -0.144. The summed E-state index contributed by atoms with van der Waals surface area (Å²) in [5.41, 5.74) is 2.81. The van der Waals surface area contributed by atoms with Gasteiger partial charge in [-0.25, -0.2) is 13.6 Å². The van der Waals surface area contributed by atoms with Gasteiger partial charge in [-0.15, -0.1) is 0 Å². The van der Waals surface area contributed by atoms with E-state index in [0.717, 1.165) is 17.0 Å². The molecule has 168 valence electrons. The number of aliphatic hydroxyl groups is 1. The van der Waals surface area contributed by atoms with Gasteiger partial charge in [0, 0.05) is 30.0 Å². The summed E-state index contributed by atoms with van der Waals surface area (Å²) < 4.78 is 29.7. The van der Waals surface area contributed by atoms with Gasteiger partial charge in [0.1, 0.15) is 17.2 Å². The van der Waals surface area contributed by atoms with E-state index in [1.54, 1.807) is 0 Å². The zero-order chi connectivity index (χ0) is 22.6. The van der Waals surface area contributed by atoms with Gasteiger partial charge in [-0.2, -0.15) is 0 Å². The number of nitrogens with zero attached hydrogens (tertiary/aromatic N) is 2. The van der Waals surface area contributed by atoms with E-state index in [2.05, 4.69) is 0 Å². The highest BCUT2D eigenvalue weighted by Crippen LogP contribution is 2.50. The second-order valence-corrected chi connectivity index (χ2v) is 9.20. The number of benzene rings is 1. The van der Waals surface area contributed by atoms with Gasteiger partial charge >= 0.3 is 6.03 Å². The number of nitrogens with two attached hydrogens (primary N) is 1. The van der Waals surface area contributed by atoms with Crippen LogP contribution in [0.1, 0.15) is 44.1 Å². The zero-order valence-electron chi connectivity index (χ0n) is 16.9. The maximum absolute atomic E-state index is 14.9. The average molecular weight is 456 g/mol. The number of halogens is 3. The summed E-state index contributed by atoms with van der Waals surface area (Å²) in [6, 6.07) is 1.61. The van der Waals surface area contributed by atoms with Crippen LogP contribution < -0.4 is 5.73 Å². The minimum Gasteiger partial charge on any atom is -0.395 e. The van der Waals surface area contributed by atoms with Gasteiger partial charge in [-0.3, -0.25) is 14.5 Å². The van der Waals surface area contributed by atoms with Crippen LogP contribution in [0.3, 0.4) is 0 Å². The van der Waals surface area contributed by atoms with Gasteiger partial charge in [0.25, 0.3) is 5.91 Å². The summed E-state index contributed by atoms with van der Waals surface area (Å²) in [5, 5.41) is 9.21. The van der Waals surface area contributed by atoms with Crippen LogP contribution in [-0.2, 0) is 15.0 Å². The minimum atomic E-state index is -1.25.